The van der Waals surface area contributed by atoms with Gasteiger partial charge in [0.05, 0.1) is 11.4 Å². The number of hydrogen-bond acceptors (Lipinski definition) is 2. The van der Waals surface area contributed by atoms with E-state index in [1.807, 2.05) is 49.4 Å². The van der Waals surface area contributed by atoms with Crippen LogP contribution >= 0.6 is 15.9 Å². The smallest absolute Gasteiger partial charge is 0.323 e. The molecule has 4 N–H and O–H groups in total. The Balaban J connectivity index is 2.12. The lowest BCUT2D eigenvalue weighted by atomic mass is 10.2. The summed E-state index contributed by atoms with van der Waals surface area (Å²) in [6, 6.07) is 12.6. The monoisotopic (exact) mass is 319 g/mol. The van der Waals surface area contributed by atoms with Crippen molar-refractivity contribution in [2.24, 2.45) is 0 Å². The summed E-state index contributed by atoms with van der Waals surface area (Å²) in [6.07, 6.45) is 0. The lowest BCUT2D eigenvalue weighted by molar-refractivity contribution is 0.262. The van der Waals surface area contributed by atoms with Crippen molar-refractivity contribution in [2.75, 3.05) is 16.4 Å². The Morgan fingerprint density at radius 1 is 1.16 bits per heavy atom. The van der Waals surface area contributed by atoms with Gasteiger partial charge in [0.2, 0.25) is 0 Å². The number of para-hydroxylation sites is 1. The SMILES string of the molecule is Cc1cc(N)c(NC(=O)Nc2ccccc2)c(Br)c1. The summed E-state index contributed by atoms with van der Waals surface area (Å²) < 4.78 is 0.758. The number of nitrogen functional groups attached to an aromatic ring is 1. The molecule has 0 unspecified atom stereocenters. The van der Waals surface area contributed by atoms with E-state index >= 15 is 0 Å². The molecule has 0 saturated heterocycles. The number of hydrogen-bond donors (Lipinski definition) is 3. The Labute approximate surface area is 120 Å². The fraction of sp³-hybridized carbons (Fsp3) is 0.0714. The Kier molecular flexibility index (Phi) is 4.06. The van der Waals surface area contributed by atoms with E-state index in [1.54, 1.807) is 0 Å². The van der Waals surface area contributed by atoms with Crippen LogP contribution in [0, 0.1) is 6.92 Å². The van der Waals surface area contributed by atoms with E-state index in [9.17, 15) is 4.79 Å². The van der Waals surface area contributed by atoms with E-state index in [1.165, 1.54) is 0 Å². The van der Waals surface area contributed by atoms with Gasteiger partial charge in [-0.2, -0.15) is 0 Å². The molecular formula is C14H14BrN3O. The Hall–Kier alpha value is -2.01. The summed E-state index contributed by atoms with van der Waals surface area (Å²) in [4.78, 5) is 11.9. The maximum absolute atomic E-state index is 11.9. The number of amides is 2. The normalized spacial score (nSPS) is 10.0. The first kappa shape index (κ1) is 13.4. The molecule has 0 saturated carbocycles. The van der Waals surface area contributed by atoms with Crippen molar-refractivity contribution in [2.45, 2.75) is 6.92 Å². The van der Waals surface area contributed by atoms with Crippen molar-refractivity contribution in [3.05, 3.63) is 52.5 Å². The number of benzene rings is 2. The molecule has 0 aromatic heterocycles. The van der Waals surface area contributed by atoms with Gasteiger partial charge in [-0.1, -0.05) is 18.2 Å². The van der Waals surface area contributed by atoms with Crippen molar-refractivity contribution in [3.8, 4) is 0 Å². The first-order valence-electron chi connectivity index (χ1n) is 5.75. The number of halogens is 1. The molecule has 2 aromatic rings. The first-order chi connectivity index (χ1) is 9.06. The Bertz CT molecular complexity index is 576. The Morgan fingerprint density at radius 2 is 1.84 bits per heavy atom. The highest BCUT2D eigenvalue weighted by atomic mass is 79.9. The summed E-state index contributed by atoms with van der Waals surface area (Å²) in [5, 5.41) is 5.47. The molecule has 0 bridgehead atoms. The lowest BCUT2D eigenvalue weighted by Crippen LogP contribution is -2.20. The van der Waals surface area contributed by atoms with Gasteiger partial charge < -0.3 is 16.4 Å². The van der Waals surface area contributed by atoms with Crippen LogP contribution < -0.4 is 16.4 Å². The average molecular weight is 320 g/mol. The van der Waals surface area contributed by atoms with Gasteiger partial charge in [-0.3, -0.25) is 0 Å². The molecule has 19 heavy (non-hydrogen) atoms. The summed E-state index contributed by atoms with van der Waals surface area (Å²) in [5.74, 6) is 0. The molecule has 2 amide bonds. The van der Waals surface area contributed by atoms with Gasteiger partial charge in [-0.05, 0) is 52.7 Å². The number of aryl methyl sites for hydroxylation is 1. The molecule has 0 aliphatic carbocycles. The molecule has 2 aromatic carbocycles. The van der Waals surface area contributed by atoms with Crippen LogP contribution in [0.15, 0.2) is 46.9 Å². The molecule has 98 valence electrons. The van der Waals surface area contributed by atoms with Crippen molar-refractivity contribution < 1.29 is 4.79 Å². The molecular weight excluding hydrogens is 306 g/mol. The average Bonchev–Trinajstić information content (AvgIpc) is 2.35. The molecule has 0 spiro atoms. The van der Waals surface area contributed by atoms with Gasteiger partial charge in [-0.15, -0.1) is 0 Å². The number of carbonyl (C=O) groups is 1. The fourth-order valence-corrected chi connectivity index (χ4v) is 2.39. The second-order valence-electron chi connectivity index (χ2n) is 4.16. The van der Waals surface area contributed by atoms with Crippen molar-refractivity contribution in [3.63, 3.8) is 0 Å². The number of carbonyl (C=O) groups excluding carboxylic acids is 1. The van der Waals surface area contributed by atoms with Crippen molar-refractivity contribution >= 4 is 39.0 Å². The Morgan fingerprint density at radius 3 is 2.47 bits per heavy atom. The number of urea groups is 1. The van der Waals surface area contributed by atoms with Crippen LogP contribution in [0.5, 0.6) is 0 Å². The number of nitrogens with one attached hydrogen (secondary N) is 2. The predicted molar refractivity (Wildman–Crippen MR) is 82.4 cm³/mol. The molecule has 0 radical (unpaired) electrons. The molecule has 0 fully saturated rings. The second kappa shape index (κ2) is 5.75. The van der Waals surface area contributed by atoms with Crippen molar-refractivity contribution in [1.29, 1.82) is 0 Å². The van der Waals surface area contributed by atoms with Gasteiger partial charge in [0, 0.05) is 10.2 Å². The minimum Gasteiger partial charge on any atom is -0.397 e. The predicted octanol–water partition coefficient (Wildman–Crippen LogP) is 3.98. The molecule has 4 nitrogen and oxygen atoms in total. The van der Waals surface area contributed by atoms with Crippen LogP contribution in [0.3, 0.4) is 0 Å². The van der Waals surface area contributed by atoms with Gasteiger partial charge in [0.25, 0.3) is 0 Å². The summed E-state index contributed by atoms with van der Waals surface area (Å²) in [7, 11) is 0. The quantitative estimate of drug-likeness (QED) is 0.733. The van der Waals surface area contributed by atoms with Crippen LogP contribution in [-0.4, -0.2) is 6.03 Å². The molecule has 5 heteroatoms. The third-order valence-corrected chi connectivity index (χ3v) is 3.16. The molecule has 0 atom stereocenters. The standard InChI is InChI=1S/C14H14BrN3O/c1-9-7-11(15)13(12(16)8-9)18-14(19)17-10-5-3-2-4-6-10/h2-8H,16H2,1H3,(H2,17,18,19). The molecule has 0 aliphatic rings. The van der Waals surface area contributed by atoms with E-state index in [-0.39, 0.29) is 6.03 Å². The highest BCUT2D eigenvalue weighted by molar-refractivity contribution is 9.10. The summed E-state index contributed by atoms with van der Waals surface area (Å²) >= 11 is 3.39. The van der Waals surface area contributed by atoms with E-state index in [2.05, 4.69) is 26.6 Å². The zero-order valence-electron chi connectivity index (χ0n) is 10.4. The van der Waals surface area contributed by atoms with Crippen LogP contribution in [0.1, 0.15) is 5.56 Å². The van der Waals surface area contributed by atoms with Crippen molar-refractivity contribution in [1.82, 2.24) is 0 Å². The molecule has 0 aliphatic heterocycles. The molecule has 0 heterocycles. The minimum atomic E-state index is -0.331. The van der Waals surface area contributed by atoms with Gasteiger partial charge in [0.15, 0.2) is 0 Å². The van der Waals surface area contributed by atoms with E-state index in [0.717, 1.165) is 15.7 Å². The van der Waals surface area contributed by atoms with Gasteiger partial charge >= 0.3 is 6.03 Å². The largest absolute Gasteiger partial charge is 0.397 e. The summed E-state index contributed by atoms with van der Waals surface area (Å²) in [5.41, 5.74) is 8.73. The zero-order chi connectivity index (χ0) is 13.8. The highest BCUT2D eigenvalue weighted by Gasteiger charge is 2.09. The maximum Gasteiger partial charge on any atom is 0.323 e. The van der Waals surface area contributed by atoms with Crippen LogP contribution in [0.25, 0.3) is 0 Å². The third-order valence-electron chi connectivity index (χ3n) is 2.54. The number of anilines is 3. The molecule has 2 rings (SSSR count). The number of nitrogens with two attached hydrogens (primary N) is 1. The highest BCUT2D eigenvalue weighted by Crippen LogP contribution is 2.30. The second-order valence-corrected chi connectivity index (χ2v) is 5.01. The third kappa shape index (κ3) is 3.48. The minimum absolute atomic E-state index is 0.331. The summed E-state index contributed by atoms with van der Waals surface area (Å²) in [6.45, 7) is 1.94. The fourth-order valence-electron chi connectivity index (χ4n) is 1.70. The first-order valence-corrected chi connectivity index (χ1v) is 6.54. The van der Waals surface area contributed by atoms with Gasteiger partial charge in [-0.25, -0.2) is 4.79 Å². The lowest BCUT2D eigenvalue weighted by Gasteiger charge is -2.12. The maximum atomic E-state index is 11.9. The topological polar surface area (TPSA) is 67.1 Å². The van der Waals surface area contributed by atoms with Crippen LogP contribution in [0.2, 0.25) is 0 Å². The van der Waals surface area contributed by atoms with E-state index in [4.69, 9.17) is 5.73 Å². The zero-order valence-corrected chi connectivity index (χ0v) is 12.0. The number of rotatable bonds is 2. The van der Waals surface area contributed by atoms with E-state index < -0.39 is 0 Å². The van der Waals surface area contributed by atoms with Crippen LogP contribution in [0.4, 0.5) is 21.9 Å². The van der Waals surface area contributed by atoms with Gasteiger partial charge in [0.1, 0.15) is 0 Å². The van der Waals surface area contributed by atoms with Crippen LogP contribution in [-0.2, 0) is 0 Å². The van der Waals surface area contributed by atoms with E-state index in [0.29, 0.717) is 11.4 Å².